The highest BCUT2D eigenvalue weighted by atomic mass is 79.9. The molecule has 0 aliphatic heterocycles. The molecule has 1 aromatic heterocycles. The molecule has 0 fully saturated rings. The van der Waals surface area contributed by atoms with Crippen molar-refractivity contribution < 1.29 is 4.79 Å². The van der Waals surface area contributed by atoms with Gasteiger partial charge in [0.2, 0.25) is 5.78 Å². The highest BCUT2D eigenvalue weighted by Crippen LogP contribution is 2.29. The number of halogens is 1. The van der Waals surface area contributed by atoms with Crippen LogP contribution in [0.3, 0.4) is 0 Å². The maximum Gasteiger partial charge on any atom is 0.212 e. The number of nitrogens with zero attached hydrogens (tertiary/aromatic N) is 2. The van der Waals surface area contributed by atoms with Gasteiger partial charge in [-0.3, -0.25) is 9.48 Å². The number of ketones is 1. The number of rotatable bonds is 3. The van der Waals surface area contributed by atoms with Crippen molar-refractivity contribution in [1.82, 2.24) is 9.78 Å². The standard InChI is InChI=1S/C16H19BrN2O/c1-5-19-14(13(17)10-18-19)15(20)11-8-6-7-9-12(11)16(2,3)4/h6-10H,5H2,1-4H3. The summed E-state index contributed by atoms with van der Waals surface area (Å²) in [6, 6.07) is 7.79. The maximum absolute atomic E-state index is 12.9. The van der Waals surface area contributed by atoms with Crippen molar-refractivity contribution >= 4 is 21.7 Å². The van der Waals surface area contributed by atoms with Crippen molar-refractivity contribution in [1.29, 1.82) is 0 Å². The summed E-state index contributed by atoms with van der Waals surface area (Å²) in [7, 11) is 0. The number of carbonyl (C=O) groups is 1. The first-order valence-corrected chi connectivity index (χ1v) is 7.51. The summed E-state index contributed by atoms with van der Waals surface area (Å²) in [6.07, 6.45) is 1.68. The van der Waals surface area contributed by atoms with Crippen molar-refractivity contribution in [3.8, 4) is 0 Å². The van der Waals surface area contributed by atoms with E-state index in [4.69, 9.17) is 0 Å². The van der Waals surface area contributed by atoms with E-state index in [0.29, 0.717) is 12.2 Å². The highest BCUT2D eigenvalue weighted by Gasteiger charge is 2.25. The van der Waals surface area contributed by atoms with Crippen LogP contribution in [0.25, 0.3) is 0 Å². The van der Waals surface area contributed by atoms with Gasteiger partial charge in [-0.25, -0.2) is 0 Å². The van der Waals surface area contributed by atoms with Gasteiger partial charge >= 0.3 is 0 Å². The van der Waals surface area contributed by atoms with E-state index in [1.54, 1.807) is 10.9 Å². The third kappa shape index (κ3) is 2.70. The molecule has 0 radical (unpaired) electrons. The molecule has 0 spiro atoms. The van der Waals surface area contributed by atoms with Crippen LogP contribution >= 0.6 is 15.9 Å². The first kappa shape index (κ1) is 15.0. The van der Waals surface area contributed by atoms with E-state index in [1.165, 1.54) is 0 Å². The van der Waals surface area contributed by atoms with E-state index in [0.717, 1.165) is 15.6 Å². The van der Waals surface area contributed by atoms with Gasteiger partial charge < -0.3 is 0 Å². The monoisotopic (exact) mass is 334 g/mol. The van der Waals surface area contributed by atoms with Gasteiger partial charge in [-0.15, -0.1) is 0 Å². The molecule has 0 aliphatic carbocycles. The minimum atomic E-state index is -0.0736. The second-order valence-corrected chi connectivity index (χ2v) is 6.64. The van der Waals surface area contributed by atoms with Crippen LogP contribution in [0.1, 0.15) is 49.3 Å². The molecule has 2 rings (SSSR count). The normalized spacial score (nSPS) is 11.7. The van der Waals surface area contributed by atoms with Crippen LogP contribution in [0.4, 0.5) is 0 Å². The predicted molar refractivity (Wildman–Crippen MR) is 84.2 cm³/mol. The molecule has 20 heavy (non-hydrogen) atoms. The molecule has 0 amide bonds. The molecule has 0 aliphatic rings. The van der Waals surface area contributed by atoms with Gasteiger partial charge in [-0.1, -0.05) is 45.0 Å². The fourth-order valence-corrected chi connectivity index (χ4v) is 2.77. The van der Waals surface area contributed by atoms with Crippen LogP contribution in [0.5, 0.6) is 0 Å². The second kappa shape index (κ2) is 5.52. The predicted octanol–water partition coefficient (Wildman–Crippen LogP) is 4.19. The Bertz CT molecular complexity index is 638. The van der Waals surface area contributed by atoms with E-state index < -0.39 is 0 Å². The minimum Gasteiger partial charge on any atom is -0.287 e. The lowest BCUT2D eigenvalue weighted by Gasteiger charge is -2.22. The summed E-state index contributed by atoms with van der Waals surface area (Å²) in [6.45, 7) is 9.00. The Kier molecular flexibility index (Phi) is 4.14. The van der Waals surface area contributed by atoms with Crippen LogP contribution in [-0.4, -0.2) is 15.6 Å². The van der Waals surface area contributed by atoms with Gasteiger partial charge in [0.05, 0.1) is 10.7 Å². The van der Waals surface area contributed by atoms with Crippen LogP contribution in [0.15, 0.2) is 34.9 Å². The second-order valence-electron chi connectivity index (χ2n) is 5.78. The first-order chi connectivity index (χ1) is 9.36. The van der Waals surface area contributed by atoms with Crippen molar-refractivity contribution in [3.05, 3.63) is 51.8 Å². The molecule has 106 valence electrons. The van der Waals surface area contributed by atoms with Crippen molar-refractivity contribution in [3.63, 3.8) is 0 Å². The average molecular weight is 335 g/mol. The quantitative estimate of drug-likeness (QED) is 0.788. The highest BCUT2D eigenvalue weighted by molar-refractivity contribution is 9.10. The number of carbonyl (C=O) groups excluding carboxylic acids is 1. The lowest BCUT2D eigenvalue weighted by Crippen LogP contribution is -2.19. The Morgan fingerprint density at radius 1 is 1.30 bits per heavy atom. The van der Waals surface area contributed by atoms with Crippen molar-refractivity contribution in [2.75, 3.05) is 0 Å². The Hall–Kier alpha value is -1.42. The Balaban J connectivity index is 2.58. The minimum absolute atomic E-state index is 0.0155. The Morgan fingerprint density at radius 2 is 1.95 bits per heavy atom. The average Bonchev–Trinajstić information content (AvgIpc) is 2.78. The third-order valence-electron chi connectivity index (χ3n) is 3.29. The molecule has 0 N–H and O–H groups in total. The van der Waals surface area contributed by atoms with Gasteiger partial charge in [0.15, 0.2) is 0 Å². The SMILES string of the molecule is CCn1ncc(Br)c1C(=O)c1ccccc1C(C)(C)C. The van der Waals surface area contributed by atoms with Crippen LogP contribution in [-0.2, 0) is 12.0 Å². The molecule has 4 heteroatoms. The fourth-order valence-electron chi connectivity index (χ4n) is 2.29. The molecule has 0 saturated heterocycles. The molecular weight excluding hydrogens is 316 g/mol. The smallest absolute Gasteiger partial charge is 0.212 e. The van der Waals surface area contributed by atoms with Crippen LogP contribution < -0.4 is 0 Å². The molecule has 0 unspecified atom stereocenters. The van der Waals surface area contributed by atoms with Gasteiger partial charge in [-0.05, 0) is 33.8 Å². The summed E-state index contributed by atoms with van der Waals surface area (Å²) in [5.41, 5.74) is 2.34. The van der Waals surface area contributed by atoms with Gasteiger partial charge in [0, 0.05) is 12.1 Å². The van der Waals surface area contributed by atoms with E-state index in [1.807, 2.05) is 31.2 Å². The molecule has 0 bridgehead atoms. The molecule has 3 nitrogen and oxygen atoms in total. The number of aryl methyl sites for hydroxylation is 1. The Labute approximate surface area is 128 Å². The molecule has 0 saturated carbocycles. The zero-order valence-electron chi connectivity index (χ0n) is 12.3. The van der Waals surface area contributed by atoms with E-state index in [9.17, 15) is 4.79 Å². The number of benzene rings is 1. The zero-order valence-corrected chi connectivity index (χ0v) is 13.9. The molecular formula is C16H19BrN2O. The summed E-state index contributed by atoms with van der Waals surface area (Å²) in [4.78, 5) is 12.9. The third-order valence-corrected chi connectivity index (χ3v) is 3.87. The number of aromatic nitrogens is 2. The number of hydrogen-bond acceptors (Lipinski definition) is 2. The Morgan fingerprint density at radius 3 is 2.55 bits per heavy atom. The van der Waals surface area contributed by atoms with E-state index in [-0.39, 0.29) is 11.2 Å². The van der Waals surface area contributed by atoms with Crippen LogP contribution in [0, 0.1) is 0 Å². The van der Waals surface area contributed by atoms with E-state index >= 15 is 0 Å². The van der Waals surface area contributed by atoms with Crippen LogP contribution in [0.2, 0.25) is 0 Å². The lowest BCUT2D eigenvalue weighted by molar-refractivity contribution is 0.102. The topological polar surface area (TPSA) is 34.9 Å². The van der Waals surface area contributed by atoms with Gasteiger partial charge in [-0.2, -0.15) is 5.10 Å². The maximum atomic E-state index is 12.9. The van der Waals surface area contributed by atoms with Gasteiger partial charge in [0.1, 0.15) is 5.69 Å². The van der Waals surface area contributed by atoms with E-state index in [2.05, 4.69) is 41.8 Å². The first-order valence-electron chi connectivity index (χ1n) is 6.71. The van der Waals surface area contributed by atoms with Crippen molar-refractivity contribution in [2.24, 2.45) is 0 Å². The molecule has 2 aromatic rings. The summed E-state index contributed by atoms with van der Waals surface area (Å²) in [5.74, 6) is 0.0155. The molecule has 1 heterocycles. The fraction of sp³-hybridized carbons (Fsp3) is 0.375. The van der Waals surface area contributed by atoms with Gasteiger partial charge in [0.25, 0.3) is 0 Å². The summed E-state index contributed by atoms with van der Waals surface area (Å²) < 4.78 is 2.47. The zero-order chi connectivity index (χ0) is 14.9. The van der Waals surface area contributed by atoms with Crippen molar-refractivity contribution in [2.45, 2.75) is 39.7 Å². The largest absolute Gasteiger partial charge is 0.287 e. The molecule has 1 aromatic carbocycles. The number of hydrogen-bond donors (Lipinski definition) is 0. The summed E-state index contributed by atoms with van der Waals surface area (Å²) in [5, 5.41) is 4.22. The molecule has 0 atom stereocenters. The lowest BCUT2D eigenvalue weighted by atomic mass is 9.82. The summed E-state index contributed by atoms with van der Waals surface area (Å²) >= 11 is 3.43.